The van der Waals surface area contributed by atoms with Crippen molar-refractivity contribution in [2.75, 3.05) is 10.5 Å². The van der Waals surface area contributed by atoms with Crippen molar-refractivity contribution in [3.63, 3.8) is 0 Å². The Morgan fingerprint density at radius 2 is 1.81 bits per heavy atom. The van der Waals surface area contributed by atoms with Gasteiger partial charge in [-0.25, -0.2) is 17.2 Å². The Morgan fingerprint density at radius 3 is 2.43 bits per heavy atom. The fraction of sp³-hybridized carbons (Fsp3) is 0.0769. The third-order valence-corrected chi connectivity index (χ3v) is 4.76. The van der Waals surface area contributed by atoms with E-state index in [2.05, 4.69) is 20.7 Å². The van der Waals surface area contributed by atoms with Gasteiger partial charge in [-0.05, 0) is 42.8 Å². The molecule has 0 aromatic heterocycles. The van der Waals surface area contributed by atoms with Crippen LogP contribution < -0.4 is 10.5 Å². The summed E-state index contributed by atoms with van der Waals surface area (Å²) >= 11 is 3.07. The lowest BCUT2D eigenvalue weighted by atomic mass is 10.2. The average Bonchev–Trinajstić information content (AvgIpc) is 2.37. The molecule has 4 nitrogen and oxygen atoms in total. The van der Waals surface area contributed by atoms with Crippen molar-refractivity contribution in [3.8, 4) is 0 Å². The van der Waals surface area contributed by atoms with E-state index in [1.807, 2.05) is 0 Å². The van der Waals surface area contributed by atoms with Gasteiger partial charge in [-0.1, -0.05) is 15.9 Å². The summed E-state index contributed by atoms with van der Waals surface area (Å²) in [6.45, 7) is 1.43. The quantitative estimate of drug-likeness (QED) is 0.806. The lowest BCUT2D eigenvalue weighted by molar-refractivity contribution is 0.596. The number of nitrogen functional groups attached to an aromatic ring is 1. The summed E-state index contributed by atoms with van der Waals surface area (Å²) in [5, 5.41) is 0. The third-order valence-electron chi connectivity index (χ3n) is 2.76. The summed E-state index contributed by atoms with van der Waals surface area (Å²) in [7, 11) is -4.07. The molecule has 0 aliphatic rings. The van der Waals surface area contributed by atoms with E-state index in [4.69, 9.17) is 5.73 Å². The van der Waals surface area contributed by atoms with E-state index >= 15 is 0 Å². The normalized spacial score (nSPS) is 11.4. The molecule has 2 rings (SSSR count). The molecule has 0 saturated heterocycles. The lowest BCUT2D eigenvalue weighted by Crippen LogP contribution is -2.16. The number of sulfonamides is 1. The van der Waals surface area contributed by atoms with Crippen molar-refractivity contribution in [2.45, 2.75) is 11.8 Å². The highest BCUT2D eigenvalue weighted by molar-refractivity contribution is 9.10. The highest BCUT2D eigenvalue weighted by Gasteiger charge is 2.20. The maximum atomic E-state index is 13.7. The van der Waals surface area contributed by atoms with E-state index in [0.29, 0.717) is 4.47 Å². The predicted molar refractivity (Wildman–Crippen MR) is 80.5 cm³/mol. The molecule has 2 aromatic carbocycles. The van der Waals surface area contributed by atoms with Crippen molar-refractivity contribution in [3.05, 3.63) is 52.0 Å². The Balaban J connectivity index is 2.46. The van der Waals surface area contributed by atoms with Gasteiger partial charge in [0.25, 0.3) is 10.0 Å². The Hall–Kier alpha value is -1.67. The first kappa shape index (κ1) is 15.7. The summed E-state index contributed by atoms with van der Waals surface area (Å²) in [6, 6.07) is 5.92. The minimum atomic E-state index is -4.07. The first-order chi connectivity index (χ1) is 9.70. The maximum Gasteiger partial charge on any atom is 0.262 e. The van der Waals surface area contributed by atoms with Crippen LogP contribution in [0.25, 0.3) is 0 Å². The molecule has 112 valence electrons. The van der Waals surface area contributed by atoms with Gasteiger partial charge in [0.1, 0.15) is 11.6 Å². The third kappa shape index (κ3) is 3.33. The Kier molecular flexibility index (Phi) is 4.20. The van der Waals surface area contributed by atoms with Crippen LogP contribution in [0.2, 0.25) is 0 Å². The van der Waals surface area contributed by atoms with Crippen molar-refractivity contribution >= 4 is 37.3 Å². The molecular formula is C13H11BrF2N2O2S. The van der Waals surface area contributed by atoms with Crippen LogP contribution in [-0.4, -0.2) is 8.42 Å². The number of rotatable bonds is 3. The van der Waals surface area contributed by atoms with Gasteiger partial charge in [-0.15, -0.1) is 0 Å². The first-order valence-electron chi connectivity index (χ1n) is 5.74. The van der Waals surface area contributed by atoms with Crippen molar-refractivity contribution in [1.29, 1.82) is 0 Å². The number of aryl methyl sites for hydroxylation is 1. The molecule has 0 radical (unpaired) electrons. The van der Waals surface area contributed by atoms with Crippen LogP contribution in [0.3, 0.4) is 0 Å². The Bertz CT molecular complexity index is 810. The number of benzene rings is 2. The van der Waals surface area contributed by atoms with E-state index in [0.717, 1.165) is 18.2 Å². The molecule has 0 atom stereocenters. The molecule has 3 N–H and O–H groups in total. The molecule has 0 saturated carbocycles. The summed E-state index contributed by atoms with van der Waals surface area (Å²) in [5.41, 5.74) is 5.05. The zero-order valence-corrected chi connectivity index (χ0v) is 13.2. The molecule has 0 aliphatic heterocycles. The second kappa shape index (κ2) is 5.61. The number of anilines is 2. The minimum absolute atomic E-state index is 0.173. The molecule has 0 amide bonds. The molecule has 0 heterocycles. The standard InChI is InChI=1S/C13H11BrF2N2O2S/c1-7-4-9(15)11(17)6-13(7)21(19,20)18-12-3-2-8(14)5-10(12)16/h2-6,18H,17H2,1H3. The van der Waals surface area contributed by atoms with Crippen molar-refractivity contribution in [2.24, 2.45) is 0 Å². The van der Waals surface area contributed by atoms with Crippen LogP contribution in [0, 0.1) is 18.6 Å². The molecule has 2 aromatic rings. The van der Waals surface area contributed by atoms with Gasteiger partial charge in [0.05, 0.1) is 16.3 Å². The van der Waals surface area contributed by atoms with Gasteiger partial charge < -0.3 is 5.73 Å². The molecule has 0 aliphatic carbocycles. The van der Waals surface area contributed by atoms with Gasteiger partial charge in [0.15, 0.2) is 0 Å². The highest BCUT2D eigenvalue weighted by atomic mass is 79.9. The van der Waals surface area contributed by atoms with E-state index in [1.165, 1.54) is 19.1 Å². The monoisotopic (exact) mass is 376 g/mol. The van der Waals surface area contributed by atoms with Crippen LogP contribution >= 0.6 is 15.9 Å². The van der Waals surface area contributed by atoms with E-state index in [-0.39, 0.29) is 21.8 Å². The first-order valence-corrected chi connectivity index (χ1v) is 8.02. The molecule has 21 heavy (non-hydrogen) atoms. The summed E-state index contributed by atoms with van der Waals surface area (Å²) in [6.07, 6.45) is 0. The smallest absolute Gasteiger partial charge is 0.262 e. The summed E-state index contributed by atoms with van der Waals surface area (Å²) < 4.78 is 54.1. The lowest BCUT2D eigenvalue weighted by Gasteiger charge is -2.12. The molecule has 0 bridgehead atoms. The van der Waals surface area contributed by atoms with Gasteiger partial charge in [0.2, 0.25) is 0 Å². The van der Waals surface area contributed by atoms with Crippen LogP contribution in [0.5, 0.6) is 0 Å². The Labute approximate surface area is 129 Å². The fourth-order valence-corrected chi connectivity index (χ4v) is 3.39. The summed E-state index contributed by atoms with van der Waals surface area (Å²) in [4.78, 5) is -0.205. The van der Waals surface area contributed by atoms with Crippen molar-refractivity contribution in [1.82, 2.24) is 0 Å². The van der Waals surface area contributed by atoms with E-state index in [1.54, 1.807) is 0 Å². The maximum absolute atomic E-state index is 13.7. The number of halogens is 3. The van der Waals surface area contributed by atoms with Gasteiger partial charge in [-0.3, -0.25) is 4.72 Å². The molecule has 0 fully saturated rings. The van der Waals surface area contributed by atoms with Gasteiger partial charge >= 0.3 is 0 Å². The largest absolute Gasteiger partial charge is 0.396 e. The molecule has 0 unspecified atom stereocenters. The SMILES string of the molecule is Cc1cc(F)c(N)cc1S(=O)(=O)Nc1ccc(Br)cc1F. The Morgan fingerprint density at radius 1 is 1.14 bits per heavy atom. The van der Waals surface area contributed by atoms with Crippen LogP contribution in [0.15, 0.2) is 39.7 Å². The second-order valence-corrected chi connectivity index (χ2v) is 6.94. The highest BCUT2D eigenvalue weighted by Crippen LogP contribution is 2.26. The van der Waals surface area contributed by atoms with Gasteiger partial charge in [-0.2, -0.15) is 0 Å². The van der Waals surface area contributed by atoms with Crippen LogP contribution in [0.1, 0.15) is 5.56 Å². The average molecular weight is 377 g/mol. The van der Waals surface area contributed by atoms with Crippen LogP contribution in [0.4, 0.5) is 20.2 Å². The predicted octanol–water partition coefficient (Wildman–Crippen LogP) is 3.42. The topological polar surface area (TPSA) is 72.2 Å². The van der Waals surface area contributed by atoms with E-state index in [9.17, 15) is 17.2 Å². The van der Waals surface area contributed by atoms with Gasteiger partial charge in [0, 0.05) is 4.47 Å². The second-order valence-electron chi connectivity index (χ2n) is 4.37. The molecule has 8 heteroatoms. The number of hydrogen-bond donors (Lipinski definition) is 2. The van der Waals surface area contributed by atoms with Crippen molar-refractivity contribution < 1.29 is 17.2 Å². The fourth-order valence-electron chi connectivity index (χ4n) is 1.73. The molecule has 0 spiro atoms. The zero-order chi connectivity index (χ0) is 15.8. The minimum Gasteiger partial charge on any atom is -0.396 e. The van der Waals surface area contributed by atoms with Crippen LogP contribution in [-0.2, 0) is 10.0 Å². The summed E-state index contributed by atoms with van der Waals surface area (Å²) in [5.74, 6) is -1.44. The number of nitrogens with one attached hydrogen (secondary N) is 1. The zero-order valence-electron chi connectivity index (χ0n) is 10.8. The van der Waals surface area contributed by atoms with E-state index < -0.39 is 21.7 Å². The number of nitrogens with two attached hydrogens (primary N) is 1. The molecular weight excluding hydrogens is 366 g/mol. The number of hydrogen-bond acceptors (Lipinski definition) is 3.